The van der Waals surface area contributed by atoms with Crippen molar-refractivity contribution in [1.29, 1.82) is 0 Å². The van der Waals surface area contributed by atoms with E-state index >= 15 is 0 Å². The van der Waals surface area contributed by atoms with Crippen molar-refractivity contribution in [2.45, 2.75) is 39.5 Å². The normalized spacial score (nSPS) is 12.5. The Labute approximate surface area is 120 Å². The number of hydrogen-bond donors (Lipinski definition) is 3. The minimum atomic E-state index is -0.937. The van der Waals surface area contributed by atoms with E-state index < -0.39 is 11.4 Å². The second-order valence-corrected chi connectivity index (χ2v) is 6.74. The Kier molecular flexibility index (Phi) is 4.95. The average molecular weight is 280 g/mol. The number of aromatic carboxylic acids is 1. The van der Waals surface area contributed by atoms with Crippen LogP contribution < -0.4 is 0 Å². The van der Waals surface area contributed by atoms with Crippen molar-refractivity contribution in [2.75, 3.05) is 13.2 Å². The standard InChI is InChI=1S/C16H24O4/c1-15(2,3)13-7-11(5-6-12(13)14(19)20)8-16(4,9-17)10-18/h5-7,17-18H,8-10H2,1-4H3,(H,19,20). The summed E-state index contributed by atoms with van der Waals surface area (Å²) >= 11 is 0. The molecular formula is C16H24O4. The van der Waals surface area contributed by atoms with Gasteiger partial charge in [0.2, 0.25) is 0 Å². The van der Waals surface area contributed by atoms with E-state index in [4.69, 9.17) is 0 Å². The highest BCUT2D eigenvalue weighted by Gasteiger charge is 2.26. The SMILES string of the molecule is CC(CO)(CO)Cc1ccc(C(=O)O)c(C(C)(C)C)c1. The van der Waals surface area contributed by atoms with Gasteiger partial charge < -0.3 is 15.3 Å². The Hall–Kier alpha value is -1.39. The molecule has 4 heteroatoms. The lowest BCUT2D eigenvalue weighted by Crippen LogP contribution is -2.29. The Morgan fingerprint density at radius 3 is 2.05 bits per heavy atom. The summed E-state index contributed by atoms with van der Waals surface area (Å²) in [7, 11) is 0. The molecule has 0 amide bonds. The van der Waals surface area contributed by atoms with Crippen molar-refractivity contribution in [3.8, 4) is 0 Å². The van der Waals surface area contributed by atoms with Gasteiger partial charge in [0.15, 0.2) is 0 Å². The van der Waals surface area contributed by atoms with Crippen LogP contribution in [0.5, 0.6) is 0 Å². The number of carboxylic acid groups (broad SMARTS) is 1. The summed E-state index contributed by atoms with van der Waals surface area (Å²) in [4.78, 5) is 11.3. The second-order valence-electron chi connectivity index (χ2n) is 6.74. The Morgan fingerprint density at radius 1 is 1.10 bits per heavy atom. The molecule has 4 nitrogen and oxygen atoms in total. The summed E-state index contributed by atoms with van der Waals surface area (Å²) in [5.74, 6) is -0.937. The molecule has 0 aliphatic rings. The highest BCUT2D eigenvalue weighted by atomic mass is 16.4. The second kappa shape index (κ2) is 5.94. The van der Waals surface area contributed by atoms with E-state index in [2.05, 4.69) is 0 Å². The van der Waals surface area contributed by atoms with Crippen LogP contribution >= 0.6 is 0 Å². The zero-order valence-corrected chi connectivity index (χ0v) is 12.6. The lowest BCUT2D eigenvalue weighted by atomic mass is 9.79. The molecule has 0 atom stereocenters. The molecule has 0 aromatic heterocycles. The van der Waals surface area contributed by atoms with E-state index in [1.807, 2.05) is 26.8 Å². The van der Waals surface area contributed by atoms with Crippen molar-refractivity contribution in [3.05, 3.63) is 34.9 Å². The van der Waals surface area contributed by atoms with Gasteiger partial charge in [-0.3, -0.25) is 0 Å². The van der Waals surface area contributed by atoms with Crippen molar-refractivity contribution in [1.82, 2.24) is 0 Å². The Bertz CT molecular complexity index is 482. The molecule has 0 radical (unpaired) electrons. The van der Waals surface area contributed by atoms with Crippen LogP contribution in [0.1, 0.15) is 49.2 Å². The van der Waals surface area contributed by atoms with E-state index in [0.717, 1.165) is 11.1 Å². The molecule has 0 bridgehead atoms. The average Bonchev–Trinajstić information content (AvgIpc) is 2.37. The van der Waals surface area contributed by atoms with Gasteiger partial charge >= 0.3 is 5.97 Å². The van der Waals surface area contributed by atoms with Crippen LogP contribution in [0.25, 0.3) is 0 Å². The molecule has 1 rings (SSSR count). The summed E-state index contributed by atoms with van der Waals surface area (Å²) in [5, 5.41) is 28.0. The molecule has 3 N–H and O–H groups in total. The number of carbonyl (C=O) groups is 1. The van der Waals surface area contributed by atoms with Crippen LogP contribution in [0.15, 0.2) is 18.2 Å². The number of hydrogen-bond acceptors (Lipinski definition) is 3. The number of benzene rings is 1. The summed E-state index contributed by atoms with van der Waals surface area (Å²) in [5.41, 5.74) is 1.11. The molecule has 0 heterocycles. The number of aliphatic hydroxyl groups is 2. The van der Waals surface area contributed by atoms with Gasteiger partial charge in [0.25, 0.3) is 0 Å². The molecule has 0 spiro atoms. The van der Waals surface area contributed by atoms with Gasteiger partial charge in [-0.2, -0.15) is 0 Å². The van der Waals surface area contributed by atoms with Crippen LogP contribution in [-0.2, 0) is 11.8 Å². The molecule has 0 aliphatic carbocycles. The van der Waals surface area contributed by atoms with Crippen molar-refractivity contribution in [3.63, 3.8) is 0 Å². The molecule has 1 aromatic carbocycles. The Morgan fingerprint density at radius 2 is 1.65 bits per heavy atom. The van der Waals surface area contributed by atoms with Gasteiger partial charge in [0.05, 0.1) is 18.8 Å². The quantitative estimate of drug-likeness (QED) is 0.773. The van der Waals surface area contributed by atoms with Gasteiger partial charge in [-0.05, 0) is 29.0 Å². The van der Waals surface area contributed by atoms with Crippen LogP contribution in [0.2, 0.25) is 0 Å². The largest absolute Gasteiger partial charge is 0.478 e. The van der Waals surface area contributed by atoms with Crippen molar-refractivity contribution >= 4 is 5.97 Å². The van der Waals surface area contributed by atoms with E-state index in [9.17, 15) is 20.1 Å². The predicted molar refractivity (Wildman–Crippen MR) is 78.1 cm³/mol. The number of carboxylic acids is 1. The third-order valence-electron chi connectivity index (χ3n) is 3.52. The first kappa shape index (κ1) is 16.7. The van der Waals surface area contributed by atoms with Crippen molar-refractivity contribution < 1.29 is 20.1 Å². The van der Waals surface area contributed by atoms with E-state index in [1.165, 1.54) is 0 Å². The Balaban J connectivity index is 3.23. The lowest BCUT2D eigenvalue weighted by Gasteiger charge is -2.27. The van der Waals surface area contributed by atoms with Gasteiger partial charge in [0, 0.05) is 5.41 Å². The van der Waals surface area contributed by atoms with Crippen molar-refractivity contribution in [2.24, 2.45) is 5.41 Å². The molecule has 20 heavy (non-hydrogen) atoms. The first-order valence-electron chi connectivity index (χ1n) is 6.71. The fourth-order valence-corrected chi connectivity index (χ4v) is 2.16. The molecular weight excluding hydrogens is 256 g/mol. The lowest BCUT2D eigenvalue weighted by molar-refractivity contribution is 0.0688. The van der Waals surface area contributed by atoms with Crippen LogP contribution in [0.4, 0.5) is 0 Å². The smallest absolute Gasteiger partial charge is 0.335 e. The number of rotatable bonds is 5. The monoisotopic (exact) mass is 280 g/mol. The fourth-order valence-electron chi connectivity index (χ4n) is 2.16. The maximum atomic E-state index is 11.3. The fraction of sp³-hybridized carbons (Fsp3) is 0.562. The maximum Gasteiger partial charge on any atom is 0.335 e. The molecule has 1 aromatic rings. The first-order chi connectivity index (χ1) is 9.13. The van der Waals surface area contributed by atoms with Crippen LogP contribution in [0.3, 0.4) is 0 Å². The molecule has 0 saturated carbocycles. The third kappa shape index (κ3) is 3.81. The van der Waals surface area contributed by atoms with Gasteiger partial charge in [-0.25, -0.2) is 4.79 Å². The highest BCUT2D eigenvalue weighted by molar-refractivity contribution is 5.90. The van der Waals surface area contributed by atoms with E-state index in [-0.39, 0.29) is 18.6 Å². The summed E-state index contributed by atoms with van der Waals surface area (Å²) < 4.78 is 0. The van der Waals surface area contributed by atoms with Crippen LogP contribution in [-0.4, -0.2) is 34.5 Å². The van der Waals surface area contributed by atoms with Gasteiger partial charge in [-0.1, -0.05) is 39.8 Å². The third-order valence-corrected chi connectivity index (χ3v) is 3.52. The van der Waals surface area contributed by atoms with Gasteiger partial charge in [-0.15, -0.1) is 0 Å². The van der Waals surface area contributed by atoms with E-state index in [1.54, 1.807) is 19.1 Å². The zero-order chi connectivity index (χ0) is 15.6. The zero-order valence-electron chi connectivity index (χ0n) is 12.6. The molecule has 0 aliphatic heterocycles. The molecule has 0 unspecified atom stereocenters. The summed E-state index contributed by atoms with van der Waals surface area (Å²) in [6, 6.07) is 5.22. The topological polar surface area (TPSA) is 77.8 Å². The molecule has 0 fully saturated rings. The molecule has 0 saturated heterocycles. The summed E-state index contributed by atoms with van der Waals surface area (Å²) in [6.07, 6.45) is 0.503. The summed E-state index contributed by atoms with van der Waals surface area (Å²) in [6.45, 7) is 7.47. The molecule has 112 valence electrons. The van der Waals surface area contributed by atoms with Crippen LogP contribution in [0, 0.1) is 5.41 Å². The van der Waals surface area contributed by atoms with Gasteiger partial charge in [0.1, 0.15) is 0 Å². The minimum absolute atomic E-state index is 0.116. The first-order valence-corrected chi connectivity index (χ1v) is 6.71. The van der Waals surface area contributed by atoms with E-state index in [0.29, 0.717) is 12.0 Å². The number of aliphatic hydroxyl groups excluding tert-OH is 2. The highest BCUT2D eigenvalue weighted by Crippen LogP contribution is 2.29. The maximum absolute atomic E-state index is 11.3. The predicted octanol–water partition coefficient (Wildman–Crippen LogP) is 2.22. The minimum Gasteiger partial charge on any atom is -0.478 e.